The molecule has 1 N–H and O–H groups in total. The molecule has 0 aliphatic carbocycles. The van der Waals surface area contributed by atoms with Crippen molar-refractivity contribution in [2.75, 3.05) is 0 Å². The van der Waals surface area contributed by atoms with Crippen molar-refractivity contribution in [1.29, 1.82) is 0 Å². The first-order chi connectivity index (χ1) is 5.77. The number of aryl methyl sites for hydroxylation is 1. The van der Waals surface area contributed by atoms with Gasteiger partial charge in [0.2, 0.25) is 5.88 Å². The van der Waals surface area contributed by atoms with Crippen molar-refractivity contribution in [1.82, 2.24) is 9.97 Å². The molecule has 12 heavy (non-hydrogen) atoms. The highest BCUT2D eigenvalue weighted by atomic mass is 16.3. The lowest BCUT2D eigenvalue weighted by molar-refractivity contribution is 0.459. The summed E-state index contributed by atoms with van der Waals surface area (Å²) in [4.78, 5) is 7.80. The number of nitrogens with zero attached hydrogens (tertiary/aromatic N) is 2. The molecule has 2 rings (SSSR count). The third kappa shape index (κ3) is 0.993. The van der Waals surface area contributed by atoms with Crippen molar-refractivity contribution in [2.24, 2.45) is 0 Å². The van der Waals surface area contributed by atoms with Crippen LogP contribution in [-0.4, -0.2) is 15.1 Å². The fourth-order valence-corrected chi connectivity index (χ4v) is 1.16. The summed E-state index contributed by atoms with van der Waals surface area (Å²) in [7, 11) is 0. The highest BCUT2D eigenvalue weighted by Gasteiger charge is 2.00. The summed E-state index contributed by atoms with van der Waals surface area (Å²) in [5, 5.41) is 10.2. The topological polar surface area (TPSA) is 46.0 Å². The van der Waals surface area contributed by atoms with Crippen LogP contribution >= 0.6 is 0 Å². The molecule has 0 fully saturated rings. The zero-order valence-electron chi connectivity index (χ0n) is 6.65. The Morgan fingerprint density at radius 2 is 2.17 bits per heavy atom. The van der Waals surface area contributed by atoms with Gasteiger partial charge in [-0.1, -0.05) is 0 Å². The fourth-order valence-electron chi connectivity index (χ4n) is 1.16. The lowest BCUT2D eigenvalue weighted by atomic mass is 10.2. The van der Waals surface area contributed by atoms with Crippen LogP contribution in [0.3, 0.4) is 0 Å². The van der Waals surface area contributed by atoms with Gasteiger partial charge in [-0.15, -0.1) is 0 Å². The molecule has 0 unspecified atom stereocenters. The summed E-state index contributed by atoms with van der Waals surface area (Å²) in [5.74, 6) is -0.00694. The predicted octanol–water partition coefficient (Wildman–Crippen LogP) is 1.64. The third-order valence-electron chi connectivity index (χ3n) is 1.72. The molecular weight excluding hydrogens is 152 g/mol. The lowest BCUT2D eigenvalue weighted by Crippen LogP contribution is -1.83. The Bertz CT molecular complexity index is 426. The summed E-state index contributed by atoms with van der Waals surface area (Å²) < 4.78 is 0. The van der Waals surface area contributed by atoms with Crippen LogP contribution in [0.25, 0.3) is 10.9 Å². The van der Waals surface area contributed by atoms with Gasteiger partial charge in [-0.25, -0.2) is 4.98 Å². The Balaban J connectivity index is 2.86. The number of pyridine rings is 2. The van der Waals surface area contributed by atoms with Crippen LogP contribution in [0.4, 0.5) is 0 Å². The van der Waals surface area contributed by atoms with Crippen molar-refractivity contribution in [3.8, 4) is 5.88 Å². The number of aromatic nitrogens is 2. The first kappa shape index (κ1) is 7.03. The Labute approximate surface area is 69.7 Å². The third-order valence-corrected chi connectivity index (χ3v) is 1.72. The zero-order chi connectivity index (χ0) is 8.55. The normalized spacial score (nSPS) is 10.4. The monoisotopic (exact) mass is 160 g/mol. The van der Waals surface area contributed by atoms with Gasteiger partial charge in [0.25, 0.3) is 0 Å². The minimum Gasteiger partial charge on any atom is -0.492 e. The van der Waals surface area contributed by atoms with E-state index in [-0.39, 0.29) is 5.88 Å². The SMILES string of the molecule is Cc1cnc2c(O)nccc2c1. The van der Waals surface area contributed by atoms with Gasteiger partial charge in [0.05, 0.1) is 0 Å². The van der Waals surface area contributed by atoms with Gasteiger partial charge in [0, 0.05) is 17.8 Å². The Morgan fingerprint density at radius 3 is 3.00 bits per heavy atom. The van der Waals surface area contributed by atoms with Gasteiger partial charge in [-0.2, -0.15) is 0 Å². The van der Waals surface area contributed by atoms with E-state index >= 15 is 0 Å². The fraction of sp³-hybridized carbons (Fsp3) is 0.111. The first-order valence-electron chi connectivity index (χ1n) is 3.68. The maximum absolute atomic E-state index is 9.29. The second-order valence-electron chi connectivity index (χ2n) is 2.72. The minimum absolute atomic E-state index is 0.00694. The van der Waals surface area contributed by atoms with Gasteiger partial charge in [0.15, 0.2) is 0 Å². The summed E-state index contributed by atoms with van der Waals surface area (Å²) >= 11 is 0. The van der Waals surface area contributed by atoms with E-state index in [0.717, 1.165) is 10.9 Å². The largest absolute Gasteiger partial charge is 0.492 e. The van der Waals surface area contributed by atoms with Crippen molar-refractivity contribution in [3.05, 3.63) is 30.1 Å². The second-order valence-corrected chi connectivity index (χ2v) is 2.72. The molecule has 0 radical (unpaired) electrons. The van der Waals surface area contributed by atoms with Crippen LogP contribution in [0.1, 0.15) is 5.56 Å². The highest BCUT2D eigenvalue weighted by molar-refractivity contribution is 5.82. The van der Waals surface area contributed by atoms with E-state index in [1.807, 2.05) is 19.1 Å². The molecule has 0 amide bonds. The Morgan fingerprint density at radius 1 is 1.33 bits per heavy atom. The molecule has 0 atom stereocenters. The molecule has 0 aliphatic rings. The molecule has 3 nitrogen and oxygen atoms in total. The smallest absolute Gasteiger partial charge is 0.238 e. The van der Waals surface area contributed by atoms with Gasteiger partial charge in [0.1, 0.15) is 5.52 Å². The Kier molecular flexibility index (Phi) is 1.43. The summed E-state index contributed by atoms with van der Waals surface area (Å²) in [6, 6.07) is 3.79. The van der Waals surface area contributed by atoms with Crippen LogP contribution in [0.15, 0.2) is 24.5 Å². The molecule has 0 saturated heterocycles. The van der Waals surface area contributed by atoms with Crippen molar-refractivity contribution in [2.45, 2.75) is 6.92 Å². The van der Waals surface area contributed by atoms with Crippen LogP contribution in [0.2, 0.25) is 0 Å². The molecule has 2 aromatic heterocycles. The first-order valence-corrected chi connectivity index (χ1v) is 3.68. The number of hydrogen-bond acceptors (Lipinski definition) is 3. The maximum Gasteiger partial charge on any atom is 0.238 e. The van der Waals surface area contributed by atoms with Crippen LogP contribution in [0, 0.1) is 6.92 Å². The van der Waals surface area contributed by atoms with Gasteiger partial charge < -0.3 is 5.11 Å². The predicted molar refractivity (Wildman–Crippen MR) is 45.9 cm³/mol. The number of rotatable bonds is 0. The van der Waals surface area contributed by atoms with Gasteiger partial charge in [-0.05, 0) is 24.6 Å². The molecule has 0 saturated carbocycles. The van der Waals surface area contributed by atoms with E-state index in [1.54, 1.807) is 12.4 Å². The van der Waals surface area contributed by atoms with Crippen LogP contribution in [0.5, 0.6) is 5.88 Å². The maximum atomic E-state index is 9.29. The molecule has 2 aromatic rings. The number of hydrogen-bond donors (Lipinski definition) is 1. The standard InChI is InChI=1S/C9H8N2O/c1-6-4-7-2-3-10-9(12)8(7)11-5-6/h2-5H,1H3,(H,10,12). The molecule has 0 aliphatic heterocycles. The number of aromatic hydroxyl groups is 1. The quantitative estimate of drug-likeness (QED) is 0.637. The van der Waals surface area contributed by atoms with E-state index in [4.69, 9.17) is 0 Å². The minimum atomic E-state index is -0.00694. The molecule has 0 spiro atoms. The van der Waals surface area contributed by atoms with Crippen molar-refractivity contribution < 1.29 is 5.11 Å². The Hall–Kier alpha value is -1.64. The van der Waals surface area contributed by atoms with E-state index in [1.165, 1.54) is 0 Å². The molecular formula is C9H8N2O. The second kappa shape index (κ2) is 2.44. The summed E-state index contributed by atoms with van der Waals surface area (Å²) in [5.41, 5.74) is 1.64. The molecule has 2 heterocycles. The average Bonchev–Trinajstić information content (AvgIpc) is 2.04. The molecule has 60 valence electrons. The molecule has 0 bridgehead atoms. The van der Waals surface area contributed by atoms with E-state index in [9.17, 15) is 5.11 Å². The average molecular weight is 160 g/mol. The van der Waals surface area contributed by atoms with Crippen LogP contribution in [-0.2, 0) is 0 Å². The van der Waals surface area contributed by atoms with Gasteiger partial charge in [-0.3, -0.25) is 4.98 Å². The van der Waals surface area contributed by atoms with E-state index in [2.05, 4.69) is 9.97 Å². The van der Waals surface area contributed by atoms with Crippen LogP contribution < -0.4 is 0 Å². The summed E-state index contributed by atoms with van der Waals surface area (Å²) in [6.45, 7) is 1.96. The van der Waals surface area contributed by atoms with E-state index in [0.29, 0.717) is 5.52 Å². The molecule has 0 aromatic carbocycles. The highest BCUT2D eigenvalue weighted by Crippen LogP contribution is 2.19. The lowest BCUT2D eigenvalue weighted by Gasteiger charge is -1.98. The zero-order valence-corrected chi connectivity index (χ0v) is 6.65. The van der Waals surface area contributed by atoms with E-state index < -0.39 is 0 Å². The number of fused-ring (bicyclic) bond motifs is 1. The summed E-state index contributed by atoms with van der Waals surface area (Å²) in [6.07, 6.45) is 3.28. The van der Waals surface area contributed by atoms with Crippen molar-refractivity contribution >= 4 is 10.9 Å². The molecule has 3 heteroatoms. The van der Waals surface area contributed by atoms with Gasteiger partial charge >= 0.3 is 0 Å². The van der Waals surface area contributed by atoms with Crippen molar-refractivity contribution in [3.63, 3.8) is 0 Å².